The molecule has 104 valence electrons. The Morgan fingerprint density at radius 2 is 2.42 bits per heavy atom. The van der Waals surface area contributed by atoms with Gasteiger partial charge < -0.3 is 15.2 Å². The van der Waals surface area contributed by atoms with Crippen molar-refractivity contribution in [3.05, 3.63) is 16.8 Å². The number of ether oxygens (including phenoxy) is 2. The van der Waals surface area contributed by atoms with Crippen LogP contribution in [0.3, 0.4) is 0 Å². The van der Waals surface area contributed by atoms with Gasteiger partial charge in [-0.25, -0.2) is 9.78 Å². The van der Waals surface area contributed by atoms with Crippen molar-refractivity contribution in [3.63, 3.8) is 0 Å². The molecule has 0 radical (unpaired) electrons. The predicted molar refractivity (Wildman–Crippen MR) is 65.1 cm³/mol. The van der Waals surface area contributed by atoms with E-state index in [1.165, 1.54) is 17.8 Å². The molecule has 1 aliphatic heterocycles. The van der Waals surface area contributed by atoms with E-state index in [-0.39, 0.29) is 24.1 Å². The van der Waals surface area contributed by atoms with Crippen LogP contribution in [0.1, 0.15) is 32.9 Å². The highest BCUT2D eigenvalue weighted by Crippen LogP contribution is 2.31. The monoisotopic (exact) mass is 268 g/mol. The zero-order valence-electron chi connectivity index (χ0n) is 10.8. The molecule has 0 aliphatic carbocycles. The molecule has 3 atom stereocenters. The fraction of sp³-hybridized carbons (Fsp3) is 0.636. The van der Waals surface area contributed by atoms with Gasteiger partial charge in [-0.2, -0.15) is 4.98 Å². The minimum atomic E-state index is -0.539. The molecule has 0 saturated carbocycles. The van der Waals surface area contributed by atoms with E-state index >= 15 is 0 Å². The van der Waals surface area contributed by atoms with Gasteiger partial charge in [0.2, 0.25) is 5.95 Å². The van der Waals surface area contributed by atoms with Crippen LogP contribution in [-0.4, -0.2) is 32.7 Å². The van der Waals surface area contributed by atoms with Gasteiger partial charge in [-0.05, 0) is 6.42 Å². The third-order valence-corrected chi connectivity index (χ3v) is 2.96. The standard InChI is InChI=1S/C11H16N4O4/c1-3-7-8(18-6(2)16)4-9(19-7)15-5-13-10(12)14-11(15)17/h5,7-9H,3-4H2,1-2H3,(H2,12,14,17)/t7-,8?,9-/m1/s1. The number of nitrogens with zero attached hydrogens (tertiary/aromatic N) is 3. The summed E-state index contributed by atoms with van der Waals surface area (Å²) in [5.74, 6) is -0.448. The Morgan fingerprint density at radius 1 is 1.68 bits per heavy atom. The lowest BCUT2D eigenvalue weighted by Crippen LogP contribution is -2.28. The molecule has 0 amide bonds. The van der Waals surface area contributed by atoms with Gasteiger partial charge in [-0.1, -0.05) is 6.92 Å². The van der Waals surface area contributed by atoms with E-state index < -0.39 is 11.9 Å². The van der Waals surface area contributed by atoms with E-state index in [4.69, 9.17) is 15.2 Å². The Kier molecular flexibility index (Phi) is 3.79. The van der Waals surface area contributed by atoms with Crippen molar-refractivity contribution in [2.45, 2.75) is 45.1 Å². The van der Waals surface area contributed by atoms with Crippen LogP contribution in [0.15, 0.2) is 11.1 Å². The number of rotatable bonds is 3. The quantitative estimate of drug-likeness (QED) is 0.759. The summed E-state index contributed by atoms with van der Waals surface area (Å²) in [7, 11) is 0. The summed E-state index contributed by atoms with van der Waals surface area (Å²) in [6.07, 6.45) is 1.22. The zero-order valence-corrected chi connectivity index (χ0v) is 10.8. The Labute approximate surface area is 109 Å². The molecule has 1 unspecified atom stereocenters. The second-order valence-corrected chi connectivity index (χ2v) is 4.33. The normalized spacial score (nSPS) is 26.3. The highest BCUT2D eigenvalue weighted by atomic mass is 16.6. The van der Waals surface area contributed by atoms with Crippen LogP contribution >= 0.6 is 0 Å². The molecule has 1 aromatic heterocycles. The minimum Gasteiger partial charge on any atom is -0.460 e. The molecule has 8 nitrogen and oxygen atoms in total. The van der Waals surface area contributed by atoms with Crippen LogP contribution < -0.4 is 11.4 Å². The van der Waals surface area contributed by atoms with E-state index in [2.05, 4.69) is 9.97 Å². The molecule has 2 rings (SSSR count). The van der Waals surface area contributed by atoms with E-state index in [1.807, 2.05) is 6.92 Å². The first-order valence-corrected chi connectivity index (χ1v) is 6.04. The Morgan fingerprint density at radius 3 is 3.00 bits per heavy atom. The van der Waals surface area contributed by atoms with Gasteiger partial charge in [0.05, 0.1) is 6.10 Å². The number of hydrogen-bond donors (Lipinski definition) is 1. The molecule has 8 heteroatoms. The fourth-order valence-corrected chi connectivity index (χ4v) is 2.12. The van der Waals surface area contributed by atoms with Crippen molar-refractivity contribution >= 4 is 11.9 Å². The average molecular weight is 268 g/mol. The van der Waals surface area contributed by atoms with Crippen LogP contribution in [0.5, 0.6) is 0 Å². The van der Waals surface area contributed by atoms with Crippen LogP contribution in [0, 0.1) is 0 Å². The van der Waals surface area contributed by atoms with Crippen molar-refractivity contribution < 1.29 is 14.3 Å². The Bertz CT molecular complexity index is 530. The minimum absolute atomic E-state index is 0.0807. The number of carbonyl (C=O) groups excluding carboxylic acids is 1. The summed E-state index contributed by atoms with van der Waals surface area (Å²) in [5, 5.41) is 0. The first-order chi connectivity index (χ1) is 9.01. The van der Waals surface area contributed by atoms with Crippen LogP contribution in [0.25, 0.3) is 0 Å². The van der Waals surface area contributed by atoms with Crippen LogP contribution in [0.2, 0.25) is 0 Å². The lowest BCUT2D eigenvalue weighted by atomic mass is 10.1. The number of aromatic nitrogens is 3. The summed E-state index contributed by atoms with van der Waals surface area (Å²) >= 11 is 0. The number of carbonyl (C=O) groups is 1. The van der Waals surface area contributed by atoms with Gasteiger partial charge in [0.1, 0.15) is 18.7 Å². The molecule has 2 N–H and O–H groups in total. The van der Waals surface area contributed by atoms with Crippen LogP contribution in [0.4, 0.5) is 5.95 Å². The average Bonchev–Trinajstić information content (AvgIpc) is 2.71. The van der Waals surface area contributed by atoms with Gasteiger partial charge >= 0.3 is 11.7 Å². The largest absolute Gasteiger partial charge is 0.460 e. The molecule has 0 bridgehead atoms. The lowest BCUT2D eigenvalue weighted by Gasteiger charge is -2.15. The maximum Gasteiger partial charge on any atom is 0.354 e. The molecular formula is C11H16N4O4. The van der Waals surface area contributed by atoms with Gasteiger partial charge in [0.25, 0.3) is 0 Å². The third kappa shape index (κ3) is 2.90. The van der Waals surface area contributed by atoms with Crippen molar-refractivity contribution in [3.8, 4) is 0 Å². The summed E-state index contributed by atoms with van der Waals surface area (Å²) in [6, 6.07) is 0. The molecular weight excluding hydrogens is 252 g/mol. The topological polar surface area (TPSA) is 109 Å². The van der Waals surface area contributed by atoms with Crippen molar-refractivity contribution in [1.29, 1.82) is 0 Å². The molecule has 2 heterocycles. The number of nitrogen functional groups attached to an aromatic ring is 1. The fourth-order valence-electron chi connectivity index (χ4n) is 2.12. The first kappa shape index (κ1) is 13.5. The second kappa shape index (κ2) is 5.35. The predicted octanol–water partition coefficient (Wildman–Crippen LogP) is -0.150. The molecule has 1 saturated heterocycles. The number of nitrogens with two attached hydrogens (primary N) is 1. The van der Waals surface area contributed by atoms with Crippen molar-refractivity contribution in [2.75, 3.05) is 5.73 Å². The highest BCUT2D eigenvalue weighted by molar-refractivity contribution is 5.66. The zero-order chi connectivity index (χ0) is 14.0. The summed E-state index contributed by atoms with van der Waals surface area (Å²) < 4.78 is 12.1. The molecule has 0 aromatic carbocycles. The van der Waals surface area contributed by atoms with Crippen LogP contribution in [-0.2, 0) is 14.3 Å². The van der Waals surface area contributed by atoms with Crippen molar-refractivity contribution in [2.24, 2.45) is 0 Å². The number of esters is 1. The summed E-state index contributed by atoms with van der Waals surface area (Å²) in [5.41, 5.74) is 4.80. The van der Waals surface area contributed by atoms with Crippen molar-refractivity contribution in [1.82, 2.24) is 14.5 Å². The van der Waals surface area contributed by atoms with Gasteiger partial charge in [0, 0.05) is 13.3 Å². The highest BCUT2D eigenvalue weighted by Gasteiger charge is 2.37. The SMILES string of the molecule is CC[C@H]1O[C@@H](n2cnc(N)nc2=O)CC1OC(C)=O. The van der Waals surface area contributed by atoms with Gasteiger partial charge in [-0.3, -0.25) is 9.36 Å². The molecule has 19 heavy (non-hydrogen) atoms. The molecule has 1 aliphatic rings. The Balaban J connectivity index is 2.19. The van der Waals surface area contributed by atoms with E-state index in [9.17, 15) is 9.59 Å². The maximum atomic E-state index is 11.7. The first-order valence-electron chi connectivity index (χ1n) is 6.04. The smallest absolute Gasteiger partial charge is 0.354 e. The van der Waals surface area contributed by atoms with Gasteiger partial charge in [-0.15, -0.1) is 0 Å². The second-order valence-electron chi connectivity index (χ2n) is 4.33. The summed E-state index contributed by atoms with van der Waals surface area (Å²) in [6.45, 7) is 3.27. The van der Waals surface area contributed by atoms with E-state index in [0.717, 1.165) is 0 Å². The summed E-state index contributed by atoms with van der Waals surface area (Å²) in [4.78, 5) is 30.0. The van der Waals surface area contributed by atoms with Gasteiger partial charge in [0.15, 0.2) is 0 Å². The van der Waals surface area contributed by atoms with E-state index in [0.29, 0.717) is 12.8 Å². The maximum absolute atomic E-state index is 11.7. The third-order valence-electron chi connectivity index (χ3n) is 2.96. The molecule has 1 fully saturated rings. The number of hydrogen-bond acceptors (Lipinski definition) is 7. The molecule has 0 spiro atoms. The number of anilines is 1. The van der Waals surface area contributed by atoms with E-state index in [1.54, 1.807) is 0 Å². The lowest BCUT2D eigenvalue weighted by molar-refractivity contribution is -0.149. The Hall–Kier alpha value is -1.96. The molecule has 1 aromatic rings.